The van der Waals surface area contributed by atoms with Gasteiger partial charge in [0.05, 0.1) is 14.2 Å². The van der Waals surface area contributed by atoms with Crippen molar-refractivity contribution >= 4 is 22.9 Å². The quantitative estimate of drug-likeness (QED) is 0.680. The molecule has 1 aromatic carbocycles. The molecule has 0 fully saturated rings. The summed E-state index contributed by atoms with van der Waals surface area (Å²) < 4.78 is 15.7. The normalized spacial score (nSPS) is 10.6. The summed E-state index contributed by atoms with van der Waals surface area (Å²) in [4.78, 5) is 16.6. The van der Waals surface area contributed by atoms with Crippen molar-refractivity contribution < 1.29 is 18.8 Å². The van der Waals surface area contributed by atoms with E-state index < -0.39 is 0 Å². The van der Waals surface area contributed by atoms with E-state index in [-0.39, 0.29) is 12.3 Å². The molecule has 0 unspecified atom stereocenters. The van der Waals surface area contributed by atoms with Crippen molar-refractivity contribution in [3.05, 3.63) is 40.4 Å². The van der Waals surface area contributed by atoms with Gasteiger partial charge in [0.1, 0.15) is 0 Å². The highest BCUT2D eigenvalue weighted by Gasteiger charge is 2.13. The molecule has 3 aromatic rings. The van der Waals surface area contributed by atoms with Gasteiger partial charge in [-0.05, 0) is 30.0 Å². The molecule has 0 saturated carbocycles. The average Bonchev–Trinajstić information content (AvgIpc) is 3.32. The van der Waals surface area contributed by atoms with Crippen molar-refractivity contribution in [3.63, 3.8) is 0 Å². The van der Waals surface area contributed by atoms with Crippen LogP contribution in [0.1, 0.15) is 17.9 Å². The van der Waals surface area contributed by atoms with Gasteiger partial charge in [0.15, 0.2) is 11.5 Å². The first-order chi connectivity index (χ1) is 12.6. The van der Waals surface area contributed by atoms with Crippen LogP contribution in [-0.4, -0.2) is 30.3 Å². The minimum Gasteiger partial charge on any atom is -0.493 e. The third-order valence-electron chi connectivity index (χ3n) is 3.82. The van der Waals surface area contributed by atoms with Crippen LogP contribution in [0.2, 0.25) is 0 Å². The van der Waals surface area contributed by atoms with Crippen LogP contribution < -0.4 is 14.8 Å². The SMILES string of the molecule is COc1cc(C)c(NC(=O)CCc2nc(-c3ccsc3)no2)cc1OC. The van der Waals surface area contributed by atoms with E-state index in [1.165, 1.54) is 0 Å². The first-order valence-corrected chi connectivity index (χ1v) is 8.92. The van der Waals surface area contributed by atoms with Crippen molar-refractivity contribution in [2.75, 3.05) is 19.5 Å². The number of amides is 1. The fourth-order valence-electron chi connectivity index (χ4n) is 2.41. The molecule has 3 rings (SSSR count). The second-order valence-electron chi connectivity index (χ2n) is 5.59. The van der Waals surface area contributed by atoms with Gasteiger partial charge in [0, 0.05) is 35.5 Å². The number of hydrogen-bond acceptors (Lipinski definition) is 7. The standard InChI is InChI=1S/C18H19N3O4S/c1-11-8-14(23-2)15(24-3)9-13(11)19-16(22)4-5-17-20-18(21-25-17)12-6-7-26-10-12/h6-10H,4-5H2,1-3H3,(H,19,22). The summed E-state index contributed by atoms with van der Waals surface area (Å²) >= 11 is 1.57. The van der Waals surface area contributed by atoms with E-state index in [4.69, 9.17) is 14.0 Å². The second kappa shape index (κ2) is 8.01. The zero-order valence-electron chi connectivity index (χ0n) is 14.7. The van der Waals surface area contributed by atoms with Gasteiger partial charge in [0.25, 0.3) is 0 Å². The van der Waals surface area contributed by atoms with Gasteiger partial charge in [-0.25, -0.2) is 0 Å². The summed E-state index contributed by atoms with van der Waals surface area (Å²) in [6.45, 7) is 1.89. The molecule has 8 heteroatoms. The molecule has 0 aliphatic rings. The molecule has 2 aromatic heterocycles. The molecule has 1 amide bonds. The zero-order valence-corrected chi connectivity index (χ0v) is 15.6. The third-order valence-corrected chi connectivity index (χ3v) is 4.50. The smallest absolute Gasteiger partial charge is 0.227 e. The van der Waals surface area contributed by atoms with Crippen LogP contribution in [0.25, 0.3) is 11.4 Å². The van der Waals surface area contributed by atoms with Crippen LogP contribution >= 0.6 is 11.3 Å². The molecule has 1 N–H and O–H groups in total. The highest BCUT2D eigenvalue weighted by Crippen LogP contribution is 2.33. The molecule has 0 radical (unpaired) electrons. The molecule has 0 aliphatic heterocycles. The number of thiophene rings is 1. The maximum absolute atomic E-state index is 12.3. The summed E-state index contributed by atoms with van der Waals surface area (Å²) in [7, 11) is 3.13. The van der Waals surface area contributed by atoms with E-state index in [1.54, 1.807) is 31.6 Å². The van der Waals surface area contributed by atoms with Gasteiger partial charge in [-0.3, -0.25) is 4.79 Å². The maximum atomic E-state index is 12.3. The van der Waals surface area contributed by atoms with E-state index >= 15 is 0 Å². The number of aryl methyl sites for hydroxylation is 2. The van der Waals surface area contributed by atoms with Crippen molar-refractivity contribution in [1.82, 2.24) is 10.1 Å². The Morgan fingerprint density at radius 1 is 1.27 bits per heavy atom. The predicted octanol–water partition coefficient (Wildman–Crippen LogP) is 3.70. The molecule has 0 bridgehead atoms. The van der Waals surface area contributed by atoms with Crippen LogP contribution in [0, 0.1) is 6.92 Å². The number of aromatic nitrogens is 2. The lowest BCUT2D eigenvalue weighted by molar-refractivity contribution is -0.116. The maximum Gasteiger partial charge on any atom is 0.227 e. The molecule has 26 heavy (non-hydrogen) atoms. The number of carbonyl (C=O) groups is 1. The Morgan fingerprint density at radius 3 is 2.73 bits per heavy atom. The van der Waals surface area contributed by atoms with Crippen LogP contribution in [0.4, 0.5) is 5.69 Å². The number of ether oxygens (including phenoxy) is 2. The Kier molecular flexibility index (Phi) is 5.52. The Morgan fingerprint density at radius 2 is 2.04 bits per heavy atom. The first-order valence-electron chi connectivity index (χ1n) is 7.98. The van der Waals surface area contributed by atoms with Crippen molar-refractivity contribution in [1.29, 1.82) is 0 Å². The largest absolute Gasteiger partial charge is 0.493 e. The van der Waals surface area contributed by atoms with Crippen LogP contribution in [0.5, 0.6) is 11.5 Å². The van der Waals surface area contributed by atoms with Gasteiger partial charge in [-0.15, -0.1) is 0 Å². The van der Waals surface area contributed by atoms with Crippen LogP contribution in [0.3, 0.4) is 0 Å². The molecular weight excluding hydrogens is 354 g/mol. The van der Waals surface area contributed by atoms with Crippen molar-refractivity contribution in [2.45, 2.75) is 19.8 Å². The minimum atomic E-state index is -0.143. The van der Waals surface area contributed by atoms with Gasteiger partial charge in [-0.1, -0.05) is 5.16 Å². The number of anilines is 1. The number of nitrogens with one attached hydrogen (secondary N) is 1. The van der Waals surface area contributed by atoms with E-state index in [0.29, 0.717) is 35.3 Å². The van der Waals surface area contributed by atoms with E-state index in [2.05, 4.69) is 15.5 Å². The monoisotopic (exact) mass is 373 g/mol. The first kappa shape index (κ1) is 17.9. The average molecular weight is 373 g/mol. The molecule has 0 atom stereocenters. The summed E-state index contributed by atoms with van der Waals surface area (Å²) in [5.74, 6) is 2.01. The molecule has 0 aliphatic carbocycles. The lowest BCUT2D eigenvalue weighted by Gasteiger charge is -2.13. The van der Waals surface area contributed by atoms with E-state index in [9.17, 15) is 4.79 Å². The lowest BCUT2D eigenvalue weighted by Crippen LogP contribution is -2.13. The molecule has 136 valence electrons. The second-order valence-corrected chi connectivity index (χ2v) is 6.37. The summed E-state index contributed by atoms with van der Waals surface area (Å²) in [5, 5.41) is 10.7. The molecule has 7 nitrogen and oxygen atoms in total. The Hall–Kier alpha value is -2.87. The summed E-state index contributed by atoms with van der Waals surface area (Å²) in [5.41, 5.74) is 2.47. The van der Waals surface area contributed by atoms with Crippen LogP contribution in [-0.2, 0) is 11.2 Å². The number of carbonyl (C=O) groups excluding carboxylic acids is 1. The highest BCUT2D eigenvalue weighted by molar-refractivity contribution is 7.08. The number of methoxy groups -OCH3 is 2. The highest BCUT2D eigenvalue weighted by atomic mass is 32.1. The number of benzene rings is 1. The lowest BCUT2D eigenvalue weighted by atomic mass is 10.1. The number of hydrogen-bond donors (Lipinski definition) is 1. The molecular formula is C18H19N3O4S. The zero-order chi connectivity index (χ0) is 18.5. The fraction of sp³-hybridized carbons (Fsp3) is 0.278. The summed E-state index contributed by atoms with van der Waals surface area (Å²) in [6.07, 6.45) is 0.606. The topological polar surface area (TPSA) is 86.5 Å². The summed E-state index contributed by atoms with van der Waals surface area (Å²) in [6, 6.07) is 5.48. The minimum absolute atomic E-state index is 0.143. The molecule has 0 spiro atoms. The molecule has 2 heterocycles. The number of nitrogens with zero attached hydrogens (tertiary/aromatic N) is 2. The Labute approximate surface area is 154 Å². The van der Waals surface area contributed by atoms with E-state index in [1.807, 2.05) is 29.8 Å². The third kappa shape index (κ3) is 4.02. The van der Waals surface area contributed by atoms with Gasteiger partial charge >= 0.3 is 0 Å². The van der Waals surface area contributed by atoms with Crippen molar-refractivity contribution in [2.24, 2.45) is 0 Å². The Balaban J connectivity index is 1.61. The predicted molar refractivity (Wildman–Crippen MR) is 98.8 cm³/mol. The van der Waals surface area contributed by atoms with Gasteiger partial charge in [-0.2, -0.15) is 16.3 Å². The number of rotatable bonds is 7. The van der Waals surface area contributed by atoms with Gasteiger partial charge < -0.3 is 19.3 Å². The molecule has 0 saturated heterocycles. The Bertz CT molecular complexity index is 890. The fourth-order valence-corrected chi connectivity index (χ4v) is 3.05. The van der Waals surface area contributed by atoms with E-state index in [0.717, 1.165) is 11.1 Å². The van der Waals surface area contributed by atoms with Crippen molar-refractivity contribution in [3.8, 4) is 22.9 Å². The van der Waals surface area contributed by atoms with Gasteiger partial charge in [0.2, 0.25) is 17.6 Å². The van der Waals surface area contributed by atoms with Crippen LogP contribution in [0.15, 0.2) is 33.5 Å².